The van der Waals surface area contributed by atoms with E-state index in [9.17, 15) is 18.3 Å². The maximum absolute atomic E-state index is 13.9. The van der Waals surface area contributed by atoms with E-state index in [1.807, 2.05) is 44.2 Å². The molecular formula is C31H42N2O9S. The fourth-order valence-electron chi connectivity index (χ4n) is 5.76. The average molecular weight is 619 g/mol. The summed E-state index contributed by atoms with van der Waals surface area (Å²) in [5.74, 6) is 0.369. The van der Waals surface area contributed by atoms with Gasteiger partial charge in [0.05, 0.1) is 54.9 Å². The van der Waals surface area contributed by atoms with Crippen molar-refractivity contribution in [2.45, 2.75) is 94.0 Å². The third-order valence-electron chi connectivity index (χ3n) is 7.96. The number of carbonyl (C=O) groups excluding carboxylic acids is 1. The van der Waals surface area contributed by atoms with Gasteiger partial charge >= 0.3 is 6.09 Å². The summed E-state index contributed by atoms with van der Waals surface area (Å²) in [7, 11) is -4.21. The molecule has 1 saturated carbocycles. The monoisotopic (exact) mass is 618 g/mol. The molecule has 2 N–H and O–H groups in total. The summed E-state index contributed by atoms with van der Waals surface area (Å²) in [6.45, 7) is 4.09. The Labute approximate surface area is 253 Å². The Morgan fingerprint density at radius 2 is 1.84 bits per heavy atom. The molecule has 2 aliphatic heterocycles. The Morgan fingerprint density at radius 3 is 2.58 bits per heavy atom. The van der Waals surface area contributed by atoms with Gasteiger partial charge in [-0.1, -0.05) is 53.7 Å². The fraction of sp³-hybridized carbons (Fsp3) is 0.581. The average Bonchev–Trinajstić information content (AvgIpc) is 3.74. The van der Waals surface area contributed by atoms with Crippen LogP contribution in [0.2, 0.25) is 0 Å². The first-order valence-electron chi connectivity index (χ1n) is 15.1. The highest BCUT2D eigenvalue weighted by atomic mass is 32.2. The Kier molecular flexibility index (Phi) is 10.6. The van der Waals surface area contributed by atoms with Gasteiger partial charge in [-0.15, -0.1) is 0 Å². The SMILES string of the molecule is CC(C)Oc1cccc(S(=O)(=O)N(C[C@H](O)[C@H](Cc2ccccc2)NC(=O)O[C@H]2CO[C@H]3OCC[C@H]32)OC2CCCC2)c1. The smallest absolute Gasteiger partial charge is 0.407 e. The minimum Gasteiger partial charge on any atom is -0.491 e. The van der Waals surface area contributed by atoms with Gasteiger partial charge in [-0.3, -0.25) is 4.84 Å². The number of aliphatic hydroxyl groups is 1. The number of aliphatic hydroxyl groups excluding tert-OH is 1. The van der Waals surface area contributed by atoms with E-state index >= 15 is 0 Å². The molecular weight excluding hydrogens is 576 g/mol. The zero-order chi connectivity index (χ0) is 30.4. The number of nitrogens with one attached hydrogen (secondary N) is 1. The van der Waals surface area contributed by atoms with Gasteiger partial charge < -0.3 is 29.4 Å². The number of fused-ring (bicyclic) bond motifs is 1. The van der Waals surface area contributed by atoms with Gasteiger partial charge in [-0.25, -0.2) is 13.2 Å². The first kappa shape index (κ1) is 31.7. The van der Waals surface area contributed by atoms with E-state index in [0.717, 1.165) is 29.3 Å². The number of carbonyl (C=O) groups is 1. The molecule has 0 spiro atoms. The predicted octanol–water partition coefficient (Wildman–Crippen LogP) is 3.80. The van der Waals surface area contributed by atoms with E-state index < -0.39 is 40.9 Å². The number of sulfonamides is 1. The standard InChI is InChI=1S/C31H42N2O9S/c1-21(2)40-24-13-8-14-25(18-24)43(36,37)33(42-23-11-6-7-12-23)19-28(34)27(17-22-9-4-3-5-10-22)32-31(35)41-29-20-39-30-26(29)15-16-38-30/h3-5,8-10,13-14,18,21,23,26-30,34H,6-7,11-12,15-17,19-20H2,1-2H3,(H,32,35)/t26-,27-,28-,29-,30+/m0/s1. The second kappa shape index (κ2) is 14.4. The lowest BCUT2D eigenvalue weighted by atomic mass is 10.0. The topological polar surface area (TPSA) is 133 Å². The molecule has 3 fully saturated rings. The van der Waals surface area contributed by atoms with Crippen LogP contribution < -0.4 is 10.1 Å². The van der Waals surface area contributed by atoms with Crippen molar-refractivity contribution in [2.24, 2.45) is 5.92 Å². The number of ether oxygens (including phenoxy) is 4. The molecule has 0 bridgehead atoms. The van der Waals surface area contributed by atoms with E-state index in [-0.39, 0.29) is 42.3 Å². The molecule has 2 aromatic rings. The molecule has 0 aromatic heterocycles. The van der Waals surface area contributed by atoms with E-state index in [4.69, 9.17) is 23.8 Å². The molecule has 2 saturated heterocycles. The third-order valence-corrected chi connectivity index (χ3v) is 9.58. The summed E-state index contributed by atoms with van der Waals surface area (Å²) >= 11 is 0. The van der Waals surface area contributed by atoms with Crippen LogP contribution in [0.1, 0.15) is 51.5 Å². The number of hydrogen-bond donors (Lipinski definition) is 2. The van der Waals surface area contributed by atoms with Gasteiger partial charge in [0.1, 0.15) is 11.9 Å². The number of rotatable bonds is 13. The molecule has 2 aromatic carbocycles. The second-order valence-electron chi connectivity index (χ2n) is 11.6. The van der Waals surface area contributed by atoms with Gasteiger partial charge in [0.25, 0.3) is 10.0 Å². The minimum absolute atomic E-state index is 0.0163. The maximum atomic E-state index is 13.9. The predicted molar refractivity (Wildman–Crippen MR) is 157 cm³/mol. The van der Waals surface area contributed by atoms with Crippen LogP contribution in [0.4, 0.5) is 4.79 Å². The molecule has 0 unspecified atom stereocenters. The maximum Gasteiger partial charge on any atom is 0.407 e. The van der Waals surface area contributed by atoms with Crippen molar-refractivity contribution in [3.8, 4) is 5.75 Å². The lowest BCUT2D eigenvalue weighted by Crippen LogP contribution is -2.51. The van der Waals surface area contributed by atoms with Gasteiger partial charge in [0.2, 0.25) is 0 Å². The Hall–Kier alpha value is -2.74. The van der Waals surface area contributed by atoms with Crippen LogP contribution in [-0.2, 0) is 35.5 Å². The van der Waals surface area contributed by atoms with Crippen molar-refractivity contribution < 1.29 is 42.1 Å². The molecule has 5 atom stereocenters. The van der Waals surface area contributed by atoms with E-state index in [0.29, 0.717) is 25.2 Å². The van der Waals surface area contributed by atoms with Gasteiger partial charge in [-0.05, 0) is 57.2 Å². The van der Waals surface area contributed by atoms with Gasteiger partial charge in [0, 0.05) is 6.07 Å². The largest absolute Gasteiger partial charge is 0.491 e. The molecule has 236 valence electrons. The zero-order valence-corrected chi connectivity index (χ0v) is 25.5. The van der Waals surface area contributed by atoms with Crippen LogP contribution in [0.25, 0.3) is 0 Å². The number of hydrogen-bond acceptors (Lipinski definition) is 9. The van der Waals surface area contributed by atoms with E-state index in [2.05, 4.69) is 5.32 Å². The lowest BCUT2D eigenvalue weighted by Gasteiger charge is -2.31. The Balaban J connectivity index is 1.35. The summed E-state index contributed by atoms with van der Waals surface area (Å²) < 4.78 is 51.3. The third kappa shape index (κ3) is 8.25. The van der Waals surface area contributed by atoms with Crippen molar-refractivity contribution in [3.05, 3.63) is 60.2 Å². The van der Waals surface area contributed by atoms with Gasteiger partial charge in [0.15, 0.2) is 6.29 Å². The molecule has 0 radical (unpaired) electrons. The summed E-state index contributed by atoms with van der Waals surface area (Å²) in [5, 5.41) is 14.3. The molecule has 11 nitrogen and oxygen atoms in total. The summed E-state index contributed by atoms with van der Waals surface area (Å²) in [4.78, 5) is 19.1. The Bertz CT molecular complexity index is 1300. The summed E-state index contributed by atoms with van der Waals surface area (Å²) in [5.41, 5.74) is 0.852. The van der Waals surface area contributed by atoms with E-state index in [1.54, 1.807) is 12.1 Å². The first-order chi connectivity index (χ1) is 20.7. The van der Waals surface area contributed by atoms with Crippen LogP contribution in [0, 0.1) is 5.92 Å². The highest BCUT2D eigenvalue weighted by Crippen LogP contribution is 2.33. The van der Waals surface area contributed by atoms with Crippen molar-refractivity contribution in [3.63, 3.8) is 0 Å². The number of hydroxylamine groups is 1. The minimum atomic E-state index is -4.21. The van der Waals surface area contributed by atoms with E-state index in [1.165, 1.54) is 12.1 Å². The summed E-state index contributed by atoms with van der Waals surface area (Å²) in [6.07, 6.45) is 0.927. The van der Waals surface area contributed by atoms with Crippen molar-refractivity contribution >= 4 is 16.1 Å². The van der Waals surface area contributed by atoms with Crippen LogP contribution in [0.3, 0.4) is 0 Å². The molecule has 12 heteroatoms. The van der Waals surface area contributed by atoms with Crippen molar-refractivity contribution in [2.75, 3.05) is 19.8 Å². The molecule has 5 rings (SSSR count). The van der Waals surface area contributed by atoms with Crippen LogP contribution in [0.5, 0.6) is 5.75 Å². The molecule has 1 amide bonds. The number of benzene rings is 2. The zero-order valence-electron chi connectivity index (χ0n) is 24.7. The summed E-state index contributed by atoms with van der Waals surface area (Å²) in [6, 6.07) is 14.7. The van der Waals surface area contributed by atoms with Crippen LogP contribution in [0.15, 0.2) is 59.5 Å². The molecule has 1 aliphatic carbocycles. The lowest BCUT2D eigenvalue weighted by molar-refractivity contribution is -0.145. The number of amides is 1. The van der Waals surface area contributed by atoms with Crippen molar-refractivity contribution in [1.29, 1.82) is 0 Å². The quantitative estimate of drug-likeness (QED) is 0.322. The highest BCUT2D eigenvalue weighted by molar-refractivity contribution is 7.89. The van der Waals surface area contributed by atoms with Crippen molar-refractivity contribution in [1.82, 2.24) is 9.79 Å². The number of nitrogens with zero attached hydrogens (tertiary/aromatic N) is 1. The second-order valence-corrected chi connectivity index (χ2v) is 13.4. The van der Waals surface area contributed by atoms with Crippen LogP contribution in [-0.4, -0.2) is 80.6 Å². The Morgan fingerprint density at radius 1 is 1.07 bits per heavy atom. The highest BCUT2D eigenvalue weighted by Gasteiger charge is 2.44. The van der Waals surface area contributed by atoms with Gasteiger partial charge in [-0.2, -0.15) is 0 Å². The molecule has 3 aliphatic rings. The first-order valence-corrected chi connectivity index (χ1v) is 16.5. The fourth-order valence-corrected chi connectivity index (χ4v) is 7.09. The van der Waals surface area contributed by atoms with Crippen LogP contribution >= 0.6 is 0 Å². The number of alkyl carbamates (subject to hydrolysis) is 1. The molecule has 43 heavy (non-hydrogen) atoms. The molecule has 2 heterocycles. The normalized spacial score (nSPS) is 23.8.